The Kier molecular flexibility index (Phi) is 26.0. The molecule has 0 radical (unpaired) electrons. The van der Waals surface area contributed by atoms with Gasteiger partial charge < -0.3 is 5.73 Å². The van der Waals surface area contributed by atoms with Gasteiger partial charge in [-0.15, -0.1) is 0 Å². The molecule has 0 saturated heterocycles. The van der Waals surface area contributed by atoms with Gasteiger partial charge in [-0.25, -0.2) is 0 Å². The molecule has 0 aromatic carbocycles. The van der Waals surface area contributed by atoms with E-state index in [0.717, 1.165) is 0 Å². The molecule has 1 unspecified atom stereocenters. The molecule has 2 N–H and O–H groups in total. The average molecular weight is 410 g/mol. The lowest BCUT2D eigenvalue weighted by molar-refractivity contribution is 0.486. The molecule has 0 spiro atoms. The first-order valence-electron chi connectivity index (χ1n) is 14.1. The van der Waals surface area contributed by atoms with Gasteiger partial charge in [0, 0.05) is 6.04 Å². The van der Waals surface area contributed by atoms with E-state index in [-0.39, 0.29) is 0 Å². The highest BCUT2D eigenvalue weighted by atomic mass is 14.6. The molecule has 0 amide bonds. The molecule has 0 aliphatic carbocycles. The van der Waals surface area contributed by atoms with E-state index in [0.29, 0.717) is 6.04 Å². The summed E-state index contributed by atoms with van der Waals surface area (Å²) in [6.45, 7) is 4.57. The van der Waals surface area contributed by atoms with E-state index in [2.05, 4.69) is 13.8 Å². The molecule has 0 aromatic heterocycles. The Morgan fingerprint density at radius 1 is 0.345 bits per heavy atom. The molecule has 0 rings (SSSR count). The lowest BCUT2D eigenvalue weighted by atomic mass is 10.0. The van der Waals surface area contributed by atoms with Crippen LogP contribution in [-0.4, -0.2) is 6.04 Å². The zero-order valence-electron chi connectivity index (χ0n) is 20.8. The van der Waals surface area contributed by atoms with Gasteiger partial charge in [0.25, 0.3) is 0 Å². The monoisotopic (exact) mass is 409 g/mol. The molecule has 176 valence electrons. The second-order valence-electron chi connectivity index (χ2n) is 9.76. The zero-order valence-corrected chi connectivity index (χ0v) is 20.8. The maximum absolute atomic E-state index is 6.20. The van der Waals surface area contributed by atoms with E-state index in [1.807, 2.05) is 0 Å². The molecular formula is C28H59N. The average Bonchev–Trinajstić information content (AvgIpc) is 2.72. The van der Waals surface area contributed by atoms with Crippen LogP contribution in [0.4, 0.5) is 0 Å². The second-order valence-corrected chi connectivity index (χ2v) is 9.76. The Hall–Kier alpha value is -0.0400. The predicted molar refractivity (Wildman–Crippen MR) is 135 cm³/mol. The van der Waals surface area contributed by atoms with E-state index in [9.17, 15) is 0 Å². The highest BCUT2D eigenvalue weighted by Crippen LogP contribution is 2.15. The summed E-state index contributed by atoms with van der Waals surface area (Å²) in [7, 11) is 0. The molecule has 0 aliphatic heterocycles. The molecule has 0 heterocycles. The van der Waals surface area contributed by atoms with Crippen molar-refractivity contribution in [3.63, 3.8) is 0 Å². The fourth-order valence-corrected chi connectivity index (χ4v) is 4.46. The van der Waals surface area contributed by atoms with Crippen LogP contribution in [0.2, 0.25) is 0 Å². The largest absolute Gasteiger partial charge is 0.328 e. The normalized spacial score (nSPS) is 12.5. The van der Waals surface area contributed by atoms with Crippen LogP contribution in [0.15, 0.2) is 0 Å². The molecule has 0 bridgehead atoms. The molecule has 0 saturated carbocycles. The lowest BCUT2D eigenvalue weighted by Crippen LogP contribution is -2.19. The van der Waals surface area contributed by atoms with Crippen LogP contribution >= 0.6 is 0 Å². The smallest absolute Gasteiger partial charge is 0.00388 e. The highest BCUT2D eigenvalue weighted by Gasteiger charge is 2.01. The minimum atomic E-state index is 0.470. The van der Waals surface area contributed by atoms with Crippen molar-refractivity contribution in [2.45, 2.75) is 180 Å². The zero-order chi connectivity index (χ0) is 21.3. The van der Waals surface area contributed by atoms with Crippen LogP contribution in [0.3, 0.4) is 0 Å². The van der Waals surface area contributed by atoms with Gasteiger partial charge in [-0.3, -0.25) is 0 Å². The Labute approximate surface area is 186 Å². The summed E-state index contributed by atoms with van der Waals surface area (Å²) >= 11 is 0. The third-order valence-corrected chi connectivity index (χ3v) is 6.61. The minimum absolute atomic E-state index is 0.470. The van der Waals surface area contributed by atoms with Crippen molar-refractivity contribution in [3.8, 4) is 0 Å². The molecule has 0 aromatic rings. The van der Waals surface area contributed by atoms with E-state index >= 15 is 0 Å². The van der Waals surface area contributed by atoms with Crippen LogP contribution < -0.4 is 5.73 Å². The molecule has 1 atom stereocenters. The van der Waals surface area contributed by atoms with Crippen molar-refractivity contribution >= 4 is 0 Å². The summed E-state index contributed by atoms with van der Waals surface area (Å²) in [4.78, 5) is 0. The molecule has 1 heteroatoms. The third kappa shape index (κ3) is 25.9. The maximum atomic E-state index is 6.20. The van der Waals surface area contributed by atoms with Gasteiger partial charge >= 0.3 is 0 Å². The fourth-order valence-electron chi connectivity index (χ4n) is 4.46. The standard InChI is InChI=1S/C28H59N/c1-3-5-7-8-9-10-11-12-13-14-15-16-17-18-19-20-21-22-23-25-27-28(29)26-24-6-4-2/h28H,3-27,29H2,1-2H3. The summed E-state index contributed by atoms with van der Waals surface area (Å²) in [6, 6.07) is 0.470. The summed E-state index contributed by atoms with van der Waals surface area (Å²) in [6.07, 6.45) is 35.6. The SMILES string of the molecule is CCCCCCCCCCCCCCCCCCCCCCC(N)CCCCC. The third-order valence-electron chi connectivity index (χ3n) is 6.61. The number of rotatable bonds is 25. The van der Waals surface area contributed by atoms with Crippen molar-refractivity contribution in [3.05, 3.63) is 0 Å². The number of unbranched alkanes of at least 4 members (excludes halogenated alkanes) is 21. The summed E-state index contributed by atoms with van der Waals surface area (Å²) in [5.41, 5.74) is 6.20. The summed E-state index contributed by atoms with van der Waals surface area (Å²) < 4.78 is 0. The van der Waals surface area contributed by atoms with Crippen molar-refractivity contribution in [1.82, 2.24) is 0 Å². The Morgan fingerprint density at radius 2 is 0.552 bits per heavy atom. The minimum Gasteiger partial charge on any atom is -0.328 e. The number of hydrogen-bond acceptors (Lipinski definition) is 1. The first kappa shape index (κ1) is 29.0. The second kappa shape index (κ2) is 26.0. The van der Waals surface area contributed by atoms with Crippen molar-refractivity contribution in [2.75, 3.05) is 0 Å². The quantitative estimate of drug-likeness (QED) is 0.149. The first-order valence-corrected chi connectivity index (χ1v) is 14.1. The Morgan fingerprint density at radius 3 is 0.862 bits per heavy atom. The van der Waals surface area contributed by atoms with Gasteiger partial charge in [-0.1, -0.05) is 162 Å². The Balaban J connectivity index is 3.05. The molecular weight excluding hydrogens is 350 g/mol. The highest BCUT2D eigenvalue weighted by molar-refractivity contribution is 4.61. The van der Waals surface area contributed by atoms with Gasteiger partial charge in [-0.05, 0) is 12.8 Å². The molecule has 1 nitrogen and oxygen atoms in total. The van der Waals surface area contributed by atoms with Crippen LogP contribution in [0, 0.1) is 0 Å². The number of nitrogens with two attached hydrogens (primary N) is 1. The molecule has 0 fully saturated rings. The topological polar surface area (TPSA) is 26.0 Å². The lowest BCUT2D eigenvalue weighted by Gasteiger charge is -2.10. The molecule has 0 aliphatic rings. The van der Waals surface area contributed by atoms with Crippen molar-refractivity contribution in [1.29, 1.82) is 0 Å². The predicted octanol–water partition coefficient (Wildman–Crippen LogP) is 10.1. The maximum Gasteiger partial charge on any atom is 0.00388 e. The van der Waals surface area contributed by atoms with Gasteiger partial charge in [0.15, 0.2) is 0 Å². The van der Waals surface area contributed by atoms with E-state index in [4.69, 9.17) is 5.73 Å². The van der Waals surface area contributed by atoms with Crippen LogP contribution in [0.1, 0.15) is 174 Å². The fraction of sp³-hybridized carbons (Fsp3) is 1.00. The van der Waals surface area contributed by atoms with E-state index in [1.165, 1.54) is 161 Å². The van der Waals surface area contributed by atoms with Gasteiger partial charge in [0.05, 0.1) is 0 Å². The van der Waals surface area contributed by atoms with E-state index in [1.54, 1.807) is 0 Å². The van der Waals surface area contributed by atoms with Crippen LogP contribution in [0.25, 0.3) is 0 Å². The Bertz CT molecular complexity index is 275. The first-order chi connectivity index (χ1) is 14.3. The van der Waals surface area contributed by atoms with Crippen molar-refractivity contribution in [2.24, 2.45) is 5.73 Å². The van der Waals surface area contributed by atoms with Gasteiger partial charge in [-0.2, -0.15) is 0 Å². The van der Waals surface area contributed by atoms with Crippen LogP contribution in [-0.2, 0) is 0 Å². The van der Waals surface area contributed by atoms with Gasteiger partial charge in [0.1, 0.15) is 0 Å². The summed E-state index contributed by atoms with van der Waals surface area (Å²) in [5, 5.41) is 0. The van der Waals surface area contributed by atoms with Crippen molar-refractivity contribution < 1.29 is 0 Å². The van der Waals surface area contributed by atoms with E-state index < -0.39 is 0 Å². The number of hydrogen-bond donors (Lipinski definition) is 1. The van der Waals surface area contributed by atoms with Crippen LogP contribution in [0.5, 0.6) is 0 Å². The summed E-state index contributed by atoms with van der Waals surface area (Å²) in [5.74, 6) is 0. The molecule has 29 heavy (non-hydrogen) atoms. The van der Waals surface area contributed by atoms with Gasteiger partial charge in [0.2, 0.25) is 0 Å².